The number of carbonyl (C=O) groups excluding carboxylic acids is 1. The molecule has 2 amide bonds. The topological polar surface area (TPSA) is 95.5 Å². The first-order valence-corrected chi connectivity index (χ1v) is 7.74. The number of hydrogen-bond donors (Lipinski definition) is 3. The monoisotopic (exact) mass is 292 g/mol. The van der Waals surface area contributed by atoms with Crippen molar-refractivity contribution >= 4 is 22.8 Å². The first kappa shape index (κ1) is 17.9. The summed E-state index contributed by atoms with van der Waals surface area (Å²) in [5.74, 6) is -0.955. The van der Waals surface area contributed by atoms with Crippen LogP contribution in [0.2, 0.25) is 0 Å². The van der Waals surface area contributed by atoms with Crippen molar-refractivity contribution in [3.63, 3.8) is 0 Å². The van der Waals surface area contributed by atoms with Gasteiger partial charge in [0, 0.05) is 34.9 Å². The molecule has 0 aliphatic heterocycles. The number of amides is 2. The van der Waals surface area contributed by atoms with Gasteiger partial charge in [-0.1, -0.05) is 20.8 Å². The summed E-state index contributed by atoms with van der Waals surface area (Å²) in [6.45, 7) is 7.66. The van der Waals surface area contributed by atoms with E-state index in [1.807, 2.05) is 20.8 Å². The van der Waals surface area contributed by atoms with Gasteiger partial charge in [-0.05, 0) is 12.3 Å². The number of aliphatic carboxylic acids is 1. The lowest BCUT2D eigenvalue weighted by atomic mass is 9.85. The van der Waals surface area contributed by atoms with Gasteiger partial charge in [-0.3, -0.25) is 9.00 Å². The summed E-state index contributed by atoms with van der Waals surface area (Å²) >= 11 is 0. The number of carboxylic acid groups (broad SMARTS) is 1. The number of carbonyl (C=O) groups is 2. The highest BCUT2D eigenvalue weighted by molar-refractivity contribution is 7.84. The van der Waals surface area contributed by atoms with Gasteiger partial charge in [-0.15, -0.1) is 0 Å². The smallest absolute Gasteiger partial charge is 0.315 e. The van der Waals surface area contributed by atoms with Crippen LogP contribution in [0, 0.1) is 5.41 Å². The summed E-state index contributed by atoms with van der Waals surface area (Å²) in [5.41, 5.74) is -0.352. The van der Waals surface area contributed by atoms with Crippen molar-refractivity contribution in [3.8, 4) is 0 Å². The molecule has 7 heteroatoms. The Balaban J connectivity index is 4.40. The maximum absolute atomic E-state index is 11.7. The molecule has 0 aromatic carbocycles. The van der Waals surface area contributed by atoms with Gasteiger partial charge in [0.25, 0.3) is 0 Å². The van der Waals surface area contributed by atoms with E-state index in [-0.39, 0.29) is 17.1 Å². The van der Waals surface area contributed by atoms with E-state index in [1.54, 1.807) is 13.2 Å². The minimum absolute atomic E-state index is 0.133. The van der Waals surface area contributed by atoms with Crippen LogP contribution >= 0.6 is 0 Å². The molecule has 0 spiro atoms. The van der Waals surface area contributed by atoms with Gasteiger partial charge < -0.3 is 15.7 Å². The molecule has 0 saturated heterocycles. The Morgan fingerprint density at radius 3 is 2.21 bits per heavy atom. The van der Waals surface area contributed by atoms with Gasteiger partial charge >= 0.3 is 12.0 Å². The van der Waals surface area contributed by atoms with E-state index in [0.29, 0.717) is 6.54 Å². The van der Waals surface area contributed by atoms with Crippen molar-refractivity contribution in [2.75, 3.05) is 12.8 Å². The third-order valence-corrected chi connectivity index (χ3v) is 4.15. The average molecular weight is 292 g/mol. The summed E-state index contributed by atoms with van der Waals surface area (Å²) in [7, 11) is -1.00. The molecule has 0 saturated carbocycles. The molecule has 0 aliphatic rings. The second kappa shape index (κ2) is 7.47. The quantitative estimate of drug-likeness (QED) is 0.679. The maximum atomic E-state index is 11.7. The van der Waals surface area contributed by atoms with Crippen LogP contribution in [0.3, 0.4) is 0 Å². The van der Waals surface area contributed by atoms with Crippen molar-refractivity contribution in [3.05, 3.63) is 0 Å². The minimum atomic E-state index is -1.00. The van der Waals surface area contributed by atoms with Gasteiger partial charge in [0.2, 0.25) is 0 Å². The van der Waals surface area contributed by atoms with Crippen LogP contribution in [0.1, 0.15) is 34.1 Å². The lowest BCUT2D eigenvalue weighted by Crippen LogP contribution is -2.50. The molecule has 0 aromatic heterocycles. The molecule has 3 unspecified atom stereocenters. The average Bonchev–Trinajstić information content (AvgIpc) is 2.22. The molecule has 0 aromatic rings. The summed E-state index contributed by atoms with van der Waals surface area (Å²) in [4.78, 5) is 22.5. The second-order valence-electron chi connectivity index (χ2n) is 5.68. The first-order valence-electron chi connectivity index (χ1n) is 6.12. The number of urea groups is 1. The molecule has 0 rings (SSSR count). The van der Waals surface area contributed by atoms with Crippen LogP contribution in [0.25, 0.3) is 0 Å². The van der Waals surface area contributed by atoms with E-state index < -0.39 is 28.8 Å². The standard InChI is InChI=1S/C12H24N2O4S/c1-8(19(5)18)7-13-11(17)14-9(6-10(15)16)12(2,3)4/h8-9H,6-7H2,1-5H3,(H,15,16)(H2,13,14,17). The number of nitrogens with one attached hydrogen (secondary N) is 2. The van der Waals surface area contributed by atoms with Gasteiger partial charge in [0.15, 0.2) is 0 Å². The zero-order valence-corrected chi connectivity index (χ0v) is 13.0. The van der Waals surface area contributed by atoms with E-state index in [4.69, 9.17) is 5.11 Å². The fraction of sp³-hybridized carbons (Fsp3) is 0.833. The van der Waals surface area contributed by atoms with E-state index in [9.17, 15) is 13.8 Å². The Kier molecular flexibility index (Phi) is 7.04. The lowest BCUT2D eigenvalue weighted by molar-refractivity contribution is -0.138. The lowest BCUT2D eigenvalue weighted by Gasteiger charge is -2.30. The highest BCUT2D eigenvalue weighted by atomic mass is 32.2. The fourth-order valence-corrected chi connectivity index (χ4v) is 1.63. The summed E-state index contributed by atoms with van der Waals surface area (Å²) in [6.07, 6.45) is 1.44. The van der Waals surface area contributed by atoms with Crippen molar-refractivity contribution in [1.82, 2.24) is 10.6 Å². The van der Waals surface area contributed by atoms with Crippen LogP contribution in [0.15, 0.2) is 0 Å². The van der Waals surface area contributed by atoms with Crippen LogP contribution in [0.4, 0.5) is 4.79 Å². The van der Waals surface area contributed by atoms with E-state index in [1.165, 1.54) is 0 Å². The third-order valence-electron chi connectivity index (χ3n) is 2.85. The third kappa shape index (κ3) is 7.81. The van der Waals surface area contributed by atoms with E-state index in [2.05, 4.69) is 10.6 Å². The van der Waals surface area contributed by atoms with Gasteiger partial charge in [-0.2, -0.15) is 0 Å². The van der Waals surface area contributed by atoms with Crippen LogP contribution in [-0.4, -0.2) is 45.4 Å². The van der Waals surface area contributed by atoms with Crippen molar-refractivity contribution < 1.29 is 18.9 Å². The summed E-state index contributed by atoms with van der Waals surface area (Å²) in [6, 6.07) is -0.897. The van der Waals surface area contributed by atoms with E-state index in [0.717, 1.165) is 0 Å². The highest BCUT2D eigenvalue weighted by Gasteiger charge is 2.28. The first-order chi connectivity index (χ1) is 8.54. The Labute approximate surface area is 116 Å². The normalized spacial score (nSPS) is 16.3. The fourth-order valence-electron chi connectivity index (χ4n) is 1.31. The van der Waals surface area contributed by atoms with Crippen LogP contribution in [-0.2, 0) is 15.6 Å². The molecule has 0 aliphatic carbocycles. The molecule has 3 atom stereocenters. The predicted octanol–water partition coefficient (Wildman–Crippen LogP) is 0.942. The molecule has 6 nitrogen and oxygen atoms in total. The van der Waals surface area contributed by atoms with Crippen molar-refractivity contribution in [2.45, 2.75) is 45.4 Å². The molecule has 3 N–H and O–H groups in total. The zero-order chi connectivity index (χ0) is 15.2. The largest absolute Gasteiger partial charge is 0.481 e. The number of rotatable bonds is 6. The summed E-state index contributed by atoms with van der Waals surface area (Å²) < 4.78 is 11.1. The van der Waals surface area contributed by atoms with Gasteiger partial charge in [0.1, 0.15) is 0 Å². The van der Waals surface area contributed by atoms with Crippen molar-refractivity contribution in [2.24, 2.45) is 5.41 Å². The van der Waals surface area contributed by atoms with Gasteiger partial charge in [0.05, 0.1) is 6.42 Å². The molecule has 0 heterocycles. The van der Waals surface area contributed by atoms with E-state index >= 15 is 0 Å². The Morgan fingerprint density at radius 2 is 1.84 bits per heavy atom. The molecule has 0 radical (unpaired) electrons. The number of carboxylic acids is 1. The van der Waals surface area contributed by atoms with Crippen LogP contribution in [0.5, 0.6) is 0 Å². The number of hydrogen-bond acceptors (Lipinski definition) is 3. The molecular formula is C12H24N2O4S. The molecule has 112 valence electrons. The summed E-state index contributed by atoms with van der Waals surface area (Å²) in [5, 5.41) is 14.0. The predicted molar refractivity (Wildman–Crippen MR) is 75.6 cm³/mol. The zero-order valence-electron chi connectivity index (χ0n) is 12.1. The Bertz CT molecular complexity index is 352. The maximum Gasteiger partial charge on any atom is 0.315 e. The molecule has 0 fully saturated rings. The Morgan fingerprint density at radius 1 is 1.32 bits per heavy atom. The highest BCUT2D eigenvalue weighted by Crippen LogP contribution is 2.21. The minimum Gasteiger partial charge on any atom is -0.481 e. The molecule has 0 bridgehead atoms. The van der Waals surface area contributed by atoms with Gasteiger partial charge in [-0.25, -0.2) is 4.79 Å². The SMILES string of the molecule is CC(CNC(=O)NC(CC(=O)O)C(C)(C)C)S(C)=O. The van der Waals surface area contributed by atoms with Crippen LogP contribution < -0.4 is 10.6 Å². The second-order valence-corrected chi connectivity index (χ2v) is 7.48. The van der Waals surface area contributed by atoms with Crippen molar-refractivity contribution in [1.29, 1.82) is 0 Å². The Hall–Kier alpha value is -1.11. The molecule has 19 heavy (non-hydrogen) atoms. The molecular weight excluding hydrogens is 268 g/mol.